The van der Waals surface area contributed by atoms with Crippen molar-refractivity contribution in [2.75, 3.05) is 17.2 Å². The first-order chi connectivity index (χ1) is 14.2. The summed E-state index contributed by atoms with van der Waals surface area (Å²) in [5.74, 6) is -0.548. The SMILES string of the molecule is CCOC(=O)c1cccc(NC(=C2C(=O)Nc3ccccc32)c2ccccc2)c1. The summed E-state index contributed by atoms with van der Waals surface area (Å²) in [5, 5.41) is 6.28. The number of hydrogen-bond acceptors (Lipinski definition) is 4. The van der Waals surface area contributed by atoms with Crippen LogP contribution >= 0.6 is 0 Å². The van der Waals surface area contributed by atoms with Crippen LogP contribution in [-0.4, -0.2) is 18.5 Å². The van der Waals surface area contributed by atoms with Gasteiger partial charge >= 0.3 is 5.97 Å². The molecular formula is C24H20N2O3. The highest BCUT2D eigenvalue weighted by Gasteiger charge is 2.28. The minimum absolute atomic E-state index is 0.167. The van der Waals surface area contributed by atoms with Gasteiger partial charge in [-0.15, -0.1) is 0 Å². The third-order valence-corrected chi connectivity index (χ3v) is 4.63. The number of fused-ring (bicyclic) bond motifs is 1. The zero-order chi connectivity index (χ0) is 20.2. The van der Waals surface area contributed by atoms with Gasteiger partial charge in [-0.05, 0) is 36.8 Å². The van der Waals surface area contributed by atoms with Gasteiger partial charge in [-0.1, -0.05) is 54.6 Å². The maximum Gasteiger partial charge on any atom is 0.338 e. The molecule has 0 bridgehead atoms. The number of carbonyl (C=O) groups excluding carboxylic acids is 2. The Morgan fingerprint density at radius 3 is 2.45 bits per heavy atom. The minimum atomic E-state index is -0.381. The summed E-state index contributed by atoms with van der Waals surface area (Å²) in [7, 11) is 0. The van der Waals surface area contributed by atoms with Crippen LogP contribution in [0.15, 0.2) is 78.9 Å². The van der Waals surface area contributed by atoms with Gasteiger partial charge in [0.05, 0.1) is 23.4 Å². The molecule has 0 radical (unpaired) electrons. The van der Waals surface area contributed by atoms with Gasteiger partial charge in [0, 0.05) is 16.9 Å². The highest BCUT2D eigenvalue weighted by atomic mass is 16.5. The number of nitrogens with one attached hydrogen (secondary N) is 2. The third kappa shape index (κ3) is 3.75. The lowest BCUT2D eigenvalue weighted by molar-refractivity contribution is -0.110. The normalized spacial score (nSPS) is 14.0. The van der Waals surface area contributed by atoms with Crippen LogP contribution in [0, 0.1) is 0 Å². The average Bonchev–Trinajstić information content (AvgIpc) is 3.08. The summed E-state index contributed by atoms with van der Waals surface area (Å²) in [6, 6.07) is 24.3. The molecule has 1 aliphatic rings. The fourth-order valence-corrected chi connectivity index (χ4v) is 3.33. The molecule has 1 amide bonds. The molecule has 0 aromatic heterocycles. The van der Waals surface area contributed by atoms with Crippen molar-refractivity contribution in [1.29, 1.82) is 0 Å². The van der Waals surface area contributed by atoms with Crippen LogP contribution in [0.1, 0.15) is 28.4 Å². The fraction of sp³-hybridized carbons (Fsp3) is 0.0833. The fourth-order valence-electron chi connectivity index (χ4n) is 3.33. The summed E-state index contributed by atoms with van der Waals surface area (Å²) in [6.07, 6.45) is 0. The topological polar surface area (TPSA) is 67.4 Å². The molecule has 144 valence electrons. The molecule has 29 heavy (non-hydrogen) atoms. The lowest BCUT2D eigenvalue weighted by Crippen LogP contribution is -2.10. The van der Waals surface area contributed by atoms with Gasteiger partial charge in [0.15, 0.2) is 0 Å². The first kappa shape index (κ1) is 18.5. The molecule has 1 aliphatic heterocycles. The molecule has 3 aromatic rings. The molecule has 0 saturated carbocycles. The van der Waals surface area contributed by atoms with Crippen LogP contribution in [0.5, 0.6) is 0 Å². The summed E-state index contributed by atoms with van der Waals surface area (Å²) >= 11 is 0. The number of esters is 1. The lowest BCUT2D eigenvalue weighted by atomic mass is 10.00. The Morgan fingerprint density at radius 1 is 0.931 bits per heavy atom. The minimum Gasteiger partial charge on any atom is -0.462 e. The number of anilines is 2. The Bertz CT molecular complexity index is 1100. The van der Waals surface area contributed by atoms with Gasteiger partial charge in [-0.2, -0.15) is 0 Å². The Balaban J connectivity index is 1.82. The van der Waals surface area contributed by atoms with Crippen LogP contribution in [0.25, 0.3) is 11.3 Å². The van der Waals surface area contributed by atoms with E-state index >= 15 is 0 Å². The number of carbonyl (C=O) groups is 2. The Labute approximate surface area is 169 Å². The van der Waals surface area contributed by atoms with E-state index in [0.29, 0.717) is 29.1 Å². The van der Waals surface area contributed by atoms with Gasteiger partial charge < -0.3 is 15.4 Å². The molecular weight excluding hydrogens is 364 g/mol. The number of benzene rings is 3. The number of rotatable bonds is 5. The average molecular weight is 384 g/mol. The predicted molar refractivity (Wildman–Crippen MR) is 114 cm³/mol. The molecule has 3 aromatic carbocycles. The monoisotopic (exact) mass is 384 g/mol. The first-order valence-electron chi connectivity index (χ1n) is 9.42. The maximum absolute atomic E-state index is 12.8. The molecule has 4 rings (SSSR count). The Morgan fingerprint density at radius 2 is 1.66 bits per heavy atom. The van der Waals surface area contributed by atoms with Gasteiger partial charge in [0.2, 0.25) is 0 Å². The quantitative estimate of drug-likeness (QED) is 0.490. The van der Waals surface area contributed by atoms with Crippen LogP contribution in [0.2, 0.25) is 0 Å². The van der Waals surface area contributed by atoms with Crippen molar-refractivity contribution in [2.24, 2.45) is 0 Å². The van der Waals surface area contributed by atoms with Crippen LogP contribution < -0.4 is 10.6 Å². The van der Waals surface area contributed by atoms with E-state index in [4.69, 9.17) is 4.74 Å². The van der Waals surface area contributed by atoms with Crippen LogP contribution in [0.3, 0.4) is 0 Å². The standard InChI is InChI=1S/C24H20N2O3/c1-2-29-24(28)17-11-8-12-18(15-17)25-22(16-9-4-3-5-10-16)21-19-13-6-7-14-20(19)26-23(21)27/h3-15,25H,2H2,1H3,(H,26,27). The lowest BCUT2D eigenvalue weighted by Gasteiger charge is -2.15. The van der Waals surface area contributed by atoms with Crippen molar-refractivity contribution in [3.8, 4) is 0 Å². The zero-order valence-corrected chi connectivity index (χ0v) is 15.9. The molecule has 0 spiro atoms. The third-order valence-electron chi connectivity index (χ3n) is 4.63. The van der Waals surface area contributed by atoms with Crippen LogP contribution in [0.4, 0.5) is 11.4 Å². The molecule has 5 nitrogen and oxygen atoms in total. The van der Waals surface area contributed by atoms with E-state index in [-0.39, 0.29) is 11.9 Å². The van der Waals surface area contributed by atoms with E-state index in [1.807, 2.05) is 60.7 Å². The first-order valence-corrected chi connectivity index (χ1v) is 9.42. The van der Waals surface area contributed by atoms with Gasteiger partial charge in [-0.3, -0.25) is 4.79 Å². The highest BCUT2D eigenvalue weighted by Crippen LogP contribution is 2.37. The van der Waals surface area contributed by atoms with Gasteiger partial charge in [-0.25, -0.2) is 4.79 Å². The maximum atomic E-state index is 12.8. The number of hydrogen-bond donors (Lipinski definition) is 2. The van der Waals surface area contributed by atoms with Crippen LogP contribution in [-0.2, 0) is 9.53 Å². The van der Waals surface area contributed by atoms with Crippen molar-refractivity contribution in [1.82, 2.24) is 0 Å². The van der Waals surface area contributed by atoms with E-state index in [2.05, 4.69) is 10.6 Å². The van der Waals surface area contributed by atoms with E-state index in [1.165, 1.54) is 0 Å². The summed E-state index contributed by atoms with van der Waals surface area (Å²) in [6.45, 7) is 2.08. The Hall–Kier alpha value is -3.86. The second kappa shape index (κ2) is 8.02. The largest absolute Gasteiger partial charge is 0.462 e. The van der Waals surface area contributed by atoms with E-state index < -0.39 is 0 Å². The van der Waals surface area contributed by atoms with Crippen molar-refractivity contribution < 1.29 is 14.3 Å². The van der Waals surface area contributed by atoms with Crippen molar-refractivity contribution in [2.45, 2.75) is 6.92 Å². The molecule has 0 fully saturated rings. The molecule has 0 saturated heterocycles. The molecule has 1 heterocycles. The molecule has 2 N–H and O–H groups in total. The number of amides is 1. The molecule has 0 atom stereocenters. The van der Waals surface area contributed by atoms with Crippen molar-refractivity contribution >= 4 is 34.5 Å². The van der Waals surface area contributed by atoms with Crippen molar-refractivity contribution in [3.05, 3.63) is 95.6 Å². The smallest absolute Gasteiger partial charge is 0.338 e. The van der Waals surface area contributed by atoms with Gasteiger partial charge in [0.1, 0.15) is 0 Å². The van der Waals surface area contributed by atoms with E-state index in [1.54, 1.807) is 25.1 Å². The zero-order valence-electron chi connectivity index (χ0n) is 15.9. The number of para-hydroxylation sites is 1. The van der Waals surface area contributed by atoms with E-state index in [0.717, 1.165) is 16.8 Å². The van der Waals surface area contributed by atoms with E-state index in [9.17, 15) is 9.59 Å². The summed E-state index contributed by atoms with van der Waals surface area (Å²) < 4.78 is 5.09. The van der Waals surface area contributed by atoms with Gasteiger partial charge in [0.25, 0.3) is 5.91 Å². The summed E-state index contributed by atoms with van der Waals surface area (Å²) in [5.41, 5.74) is 4.87. The second-order valence-electron chi connectivity index (χ2n) is 6.54. The number of ether oxygens (including phenoxy) is 1. The summed E-state index contributed by atoms with van der Waals surface area (Å²) in [4.78, 5) is 24.9. The highest BCUT2D eigenvalue weighted by molar-refractivity contribution is 6.37. The molecule has 5 heteroatoms. The second-order valence-corrected chi connectivity index (χ2v) is 6.54. The predicted octanol–water partition coefficient (Wildman–Crippen LogP) is 4.80. The molecule has 0 unspecified atom stereocenters. The molecule has 0 aliphatic carbocycles. The van der Waals surface area contributed by atoms with Crippen molar-refractivity contribution in [3.63, 3.8) is 0 Å². The Kier molecular flexibility index (Phi) is 5.12.